The van der Waals surface area contributed by atoms with Gasteiger partial charge in [-0.05, 0) is 36.3 Å². The van der Waals surface area contributed by atoms with Crippen LogP contribution in [0.4, 0.5) is 0 Å². The van der Waals surface area contributed by atoms with E-state index in [4.69, 9.17) is 0 Å². The Labute approximate surface area is 127 Å². The minimum absolute atomic E-state index is 0.189. The van der Waals surface area contributed by atoms with E-state index in [9.17, 15) is 4.79 Å². The van der Waals surface area contributed by atoms with E-state index in [1.54, 1.807) is 0 Å². The topological polar surface area (TPSA) is 17.1 Å². The highest BCUT2D eigenvalue weighted by Gasteiger charge is 2.43. The molecule has 3 rings (SSSR count). The lowest BCUT2D eigenvalue weighted by atomic mass is 10.0. The van der Waals surface area contributed by atoms with Crippen molar-refractivity contribution in [1.29, 1.82) is 0 Å². The van der Waals surface area contributed by atoms with Gasteiger partial charge in [-0.2, -0.15) is 0 Å². The van der Waals surface area contributed by atoms with E-state index in [-0.39, 0.29) is 5.92 Å². The summed E-state index contributed by atoms with van der Waals surface area (Å²) >= 11 is 0. The van der Waals surface area contributed by atoms with Crippen LogP contribution in [0.25, 0.3) is 0 Å². The molecule has 0 heterocycles. The summed E-state index contributed by atoms with van der Waals surface area (Å²) in [5, 5.41) is 0. The monoisotopic (exact) mass is 278 g/mol. The van der Waals surface area contributed by atoms with Crippen LogP contribution >= 0.6 is 0 Å². The lowest BCUT2D eigenvalue weighted by Crippen LogP contribution is -2.03. The predicted molar refractivity (Wildman–Crippen MR) is 86.7 cm³/mol. The highest BCUT2D eigenvalue weighted by molar-refractivity contribution is 6.00. The fourth-order valence-electron chi connectivity index (χ4n) is 2.98. The number of benzene rings is 2. The molecule has 1 saturated carbocycles. The summed E-state index contributed by atoms with van der Waals surface area (Å²) in [4.78, 5) is 12.5. The van der Waals surface area contributed by atoms with Crippen molar-refractivity contribution in [1.82, 2.24) is 0 Å². The number of Topliss-reactive ketones (excluding diaryl/α,β-unsaturated/α-hetero) is 1. The van der Waals surface area contributed by atoms with Crippen LogP contribution in [0.5, 0.6) is 0 Å². The number of ketones is 1. The van der Waals surface area contributed by atoms with Gasteiger partial charge in [0.1, 0.15) is 0 Å². The maximum Gasteiger partial charge on any atom is 0.166 e. The standard InChI is InChI=1S/C20H22O/c1-2-3-7-15-10-12-17(13-11-15)20(21)19-14-18(19)16-8-5-4-6-9-16/h4-6,8-13,18-19H,2-3,7,14H2,1H3/t18-,19-/m0/s1. The predicted octanol–water partition coefficient (Wildman–Crippen LogP) is 5.02. The first-order chi connectivity index (χ1) is 10.3. The van der Waals surface area contributed by atoms with Crippen molar-refractivity contribution in [3.63, 3.8) is 0 Å². The minimum Gasteiger partial charge on any atom is -0.294 e. The number of carbonyl (C=O) groups is 1. The molecule has 1 aliphatic rings. The molecule has 0 aliphatic heterocycles. The van der Waals surface area contributed by atoms with Gasteiger partial charge in [-0.25, -0.2) is 0 Å². The first kappa shape index (κ1) is 14.1. The van der Waals surface area contributed by atoms with Gasteiger partial charge in [0, 0.05) is 11.5 Å². The van der Waals surface area contributed by atoms with Crippen molar-refractivity contribution in [2.24, 2.45) is 5.92 Å². The van der Waals surface area contributed by atoms with Gasteiger partial charge in [-0.1, -0.05) is 67.9 Å². The van der Waals surface area contributed by atoms with Crippen molar-refractivity contribution in [3.8, 4) is 0 Å². The molecule has 21 heavy (non-hydrogen) atoms. The van der Waals surface area contributed by atoms with Gasteiger partial charge in [0.25, 0.3) is 0 Å². The Hall–Kier alpha value is -1.89. The number of hydrogen-bond donors (Lipinski definition) is 0. The lowest BCUT2D eigenvalue weighted by molar-refractivity contribution is 0.0965. The average molecular weight is 278 g/mol. The Bertz CT molecular complexity index is 597. The fourth-order valence-corrected chi connectivity index (χ4v) is 2.98. The summed E-state index contributed by atoms with van der Waals surface area (Å²) in [5.41, 5.74) is 3.51. The van der Waals surface area contributed by atoms with Crippen molar-refractivity contribution < 1.29 is 4.79 Å². The number of hydrogen-bond acceptors (Lipinski definition) is 1. The molecule has 1 nitrogen and oxygen atoms in total. The second-order valence-electron chi connectivity index (χ2n) is 6.02. The Morgan fingerprint density at radius 3 is 2.43 bits per heavy atom. The molecule has 108 valence electrons. The molecule has 1 aliphatic carbocycles. The van der Waals surface area contributed by atoms with Gasteiger partial charge in [0.2, 0.25) is 0 Å². The molecule has 1 heteroatoms. The molecule has 2 aromatic carbocycles. The summed E-state index contributed by atoms with van der Waals surface area (Å²) in [5.74, 6) is 0.929. The molecule has 0 saturated heterocycles. The van der Waals surface area contributed by atoms with Crippen LogP contribution in [-0.2, 0) is 6.42 Å². The Balaban J connectivity index is 1.64. The molecule has 0 spiro atoms. The normalized spacial score (nSPS) is 20.2. The van der Waals surface area contributed by atoms with E-state index < -0.39 is 0 Å². The number of aryl methyl sites for hydroxylation is 1. The fraction of sp³-hybridized carbons (Fsp3) is 0.350. The molecule has 0 N–H and O–H groups in total. The van der Waals surface area contributed by atoms with Crippen LogP contribution in [0.15, 0.2) is 54.6 Å². The molecular weight excluding hydrogens is 256 g/mol. The van der Waals surface area contributed by atoms with Crippen LogP contribution in [0, 0.1) is 5.92 Å². The molecule has 1 fully saturated rings. The maximum atomic E-state index is 12.5. The van der Waals surface area contributed by atoms with E-state index in [1.807, 2.05) is 18.2 Å². The van der Waals surface area contributed by atoms with E-state index in [0.29, 0.717) is 11.7 Å². The third-order valence-electron chi connectivity index (χ3n) is 4.41. The number of carbonyl (C=O) groups excluding carboxylic acids is 1. The van der Waals surface area contributed by atoms with E-state index in [2.05, 4.69) is 43.3 Å². The maximum absolute atomic E-state index is 12.5. The molecule has 0 radical (unpaired) electrons. The van der Waals surface area contributed by atoms with E-state index in [1.165, 1.54) is 24.0 Å². The largest absolute Gasteiger partial charge is 0.294 e. The number of rotatable bonds is 6. The molecule has 2 atom stereocenters. The highest BCUT2D eigenvalue weighted by atomic mass is 16.1. The molecule has 0 aromatic heterocycles. The Kier molecular flexibility index (Phi) is 4.19. The van der Waals surface area contributed by atoms with Crippen molar-refractivity contribution in [2.45, 2.75) is 38.5 Å². The summed E-state index contributed by atoms with van der Waals surface area (Å²) in [6.45, 7) is 2.20. The lowest BCUT2D eigenvalue weighted by Gasteiger charge is -2.04. The molecular formula is C20H22O. The third-order valence-corrected chi connectivity index (χ3v) is 4.41. The summed E-state index contributed by atoms with van der Waals surface area (Å²) in [6, 6.07) is 18.6. The zero-order chi connectivity index (χ0) is 14.7. The van der Waals surface area contributed by atoms with Crippen molar-refractivity contribution in [2.75, 3.05) is 0 Å². The van der Waals surface area contributed by atoms with Crippen LogP contribution in [0.1, 0.15) is 53.6 Å². The van der Waals surface area contributed by atoms with Crippen LogP contribution in [0.2, 0.25) is 0 Å². The summed E-state index contributed by atoms with van der Waals surface area (Å²) in [6.07, 6.45) is 4.54. The molecule has 0 amide bonds. The van der Waals surface area contributed by atoms with Gasteiger partial charge in [0.15, 0.2) is 5.78 Å². The van der Waals surface area contributed by atoms with Crippen molar-refractivity contribution in [3.05, 3.63) is 71.3 Å². The second kappa shape index (κ2) is 6.26. The van der Waals surface area contributed by atoms with Crippen LogP contribution < -0.4 is 0 Å². The highest BCUT2D eigenvalue weighted by Crippen LogP contribution is 2.49. The van der Waals surface area contributed by atoms with Crippen LogP contribution in [-0.4, -0.2) is 5.78 Å². The number of unbranched alkanes of at least 4 members (excludes halogenated alkanes) is 1. The van der Waals surface area contributed by atoms with E-state index in [0.717, 1.165) is 18.4 Å². The quantitative estimate of drug-likeness (QED) is 0.678. The minimum atomic E-state index is 0.189. The SMILES string of the molecule is CCCCc1ccc(C(=O)[C@H]2C[C@H]2c2ccccc2)cc1. The molecule has 0 bridgehead atoms. The van der Waals surface area contributed by atoms with Crippen LogP contribution in [0.3, 0.4) is 0 Å². The van der Waals surface area contributed by atoms with E-state index >= 15 is 0 Å². The second-order valence-corrected chi connectivity index (χ2v) is 6.02. The van der Waals surface area contributed by atoms with Gasteiger partial charge in [-0.15, -0.1) is 0 Å². The first-order valence-corrected chi connectivity index (χ1v) is 7.97. The first-order valence-electron chi connectivity index (χ1n) is 7.97. The van der Waals surface area contributed by atoms with Gasteiger partial charge >= 0.3 is 0 Å². The summed E-state index contributed by atoms with van der Waals surface area (Å²) < 4.78 is 0. The Morgan fingerprint density at radius 1 is 1.05 bits per heavy atom. The zero-order valence-electron chi connectivity index (χ0n) is 12.6. The molecule has 0 unspecified atom stereocenters. The zero-order valence-corrected chi connectivity index (χ0v) is 12.6. The van der Waals surface area contributed by atoms with Gasteiger partial charge < -0.3 is 0 Å². The van der Waals surface area contributed by atoms with Crippen molar-refractivity contribution >= 4 is 5.78 Å². The average Bonchev–Trinajstić information content (AvgIpc) is 3.34. The smallest absolute Gasteiger partial charge is 0.166 e. The summed E-state index contributed by atoms with van der Waals surface area (Å²) in [7, 11) is 0. The van der Waals surface area contributed by atoms with Gasteiger partial charge in [0.05, 0.1) is 0 Å². The third kappa shape index (κ3) is 3.24. The van der Waals surface area contributed by atoms with Gasteiger partial charge in [-0.3, -0.25) is 4.79 Å². The molecule has 2 aromatic rings. The Morgan fingerprint density at radius 2 is 1.76 bits per heavy atom.